The van der Waals surface area contributed by atoms with E-state index in [0.717, 1.165) is 12.0 Å². The third kappa shape index (κ3) is 5.63. The molecule has 122 valence electrons. The molecule has 0 radical (unpaired) electrons. The largest absolute Gasteiger partial charge is 0.445 e. The molecule has 1 aliphatic rings. The molecule has 0 saturated carbocycles. The highest BCUT2D eigenvalue weighted by atomic mass is 16.6. The Bertz CT molecular complexity index is 439. The van der Waals surface area contributed by atoms with Gasteiger partial charge in [-0.05, 0) is 12.0 Å². The minimum atomic E-state index is -0.300. The number of hydrogen-bond donors (Lipinski definition) is 1. The second-order valence-electron chi connectivity index (χ2n) is 5.10. The highest BCUT2D eigenvalue weighted by Crippen LogP contribution is 2.14. The van der Waals surface area contributed by atoms with Crippen LogP contribution < -0.4 is 0 Å². The summed E-state index contributed by atoms with van der Waals surface area (Å²) >= 11 is 0. The van der Waals surface area contributed by atoms with Crippen molar-refractivity contribution in [2.45, 2.75) is 19.1 Å². The quantitative estimate of drug-likeness (QED) is 0.736. The van der Waals surface area contributed by atoms with E-state index in [1.165, 1.54) is 0 Å². The van der Waals surface area contributed by atoms with Crippen molar-refractivity contribution in [3.05, 3.63) is 35.9 Å². The number of ether oxygens (including phenoxy) is 3. The van der Waals surface area contributed by atoms with Crippen molar-refractivity contribution in [3.8, 4) is 0 Å². The maximum atomic E-state index is 12.0. The Labute approximate surface area is 130 Å². The number of hydrogen-bond acceptors (Lipinski definition) is 5. The second-order valence-corrected chi connectivity index (χ2v) is 5.10. The van der Waals surface area contributed by atoms with Gasteiger partial charge in [-0.1, -0.05) is 30.3 Å². The molecule has 6 nitrogen and oxygen atoms in total. The van der Waals surface area contributed by atoms with Gasteiger partial charge in [0.05, 0.1) is 39.1 Å². The molecule has 0 spiro atoms. The summed E-state index contributed by atoms with van der Waals surface area (Å²) in [4.78, 5) is 13.6. The lowest BCUT2D eigenvalue weighted by atomic mass is 10.2. The van der Waals surface area contributed by atoms with Gasteiger partial charge >= 0.3 is 6.09 Å². The molecule has 0 aromatic heterocycles. The van der Waals surface area contributed by atoms with Crippen LogP contribution >= 0.6 is 0 Å². The molecule has 1 saturated heterocycles. The van der Waals surface area contributed by atoms with Crippen LogP contribution in [0.2, 0.25) is 0 Å². The van der Waals surface area contributed by atoms with E-state index in [1.807, 2.05) is 30.3 Å². The monoisotopic (exact) mass is 309 g/mol. The van der Waals surface area contributed by atoms with Gasteiger partial charge in [0.25, 0.3) is 0 Å². The highest BCUT2D eigenvalue weighted by Gasteiger charge is 2.27. The van der Waals surface area contributed by atoms with Gasteiger partial charge in [-0.3, -0.25) is 0 Å². The van der Waals surface area contributed by atoms with Crippen molar-refractivity contribution < 1.29 is 24.1 Å². The average molecular weight is 309 g/mol. The summed E-state index contributed by atoms with van der Waals surface area (Å²) in [5.74, 6) is 0. The molecule has 0 aliphatic carbocycles. The lowest BCUT2D eigenvalue weighted by Crippen LogP contribution is -2.31. The fourth-order valence-corrected chi connectivity index (χ4v) is 2.28. The molecular formula is C16H23NO5. The van der Waals surface area contributed by atoms with Crippen LogP contribution in [0.15, 0.2) is 30.3 Å². The molecule has 1 N–H and O–H groups in total. The predicted octanol–water partition coefficient (Wildman–Crippen LogP) is 1.42. The topological polar surface area (TPSA) is 68.2 Å². The van der Waals surface area contributed by atoms with Gasteiger partial charge < -0.3 is 24.2 Å². The molecule has 1 atom stereocenters. The van der Waals surface area contributed by atoms with Gasteiger partial charge in [0, 0.05) is 6.54 Å². The zero-order valence-electron chi connectivity index (χ0n) is 12.6. The summed E-state index contributed by atoms with van der Waals surface area (Å²) < 4.78 is 16.1. The normalized spacial score (nSPS) is 17.7. The molecular weight excluding hydrogens is 286 g/mol. The second kappa shape index (κ2) is 9.40. The molecule has 1 aromatic carbocycles. The zero-order valence-corrected chi connectivity index (χ0v) is 12.6. The Morgan fingerprint density at radius 2 is 2.05 bits per heavy atom. The molecule has 1 unspecified atom stereocenters. The molecule has 1 amide bonds. The Morgan fingerprint density at radius 1 is 1.23 bits per heavy atom. The molecule has 1 aliphatic heterocycles. The van der Waals surface area contributed by atoms with Crippen molar-refractivity contribution in [2.24, 2.45) is 0 Å². The fraction of sp³-hybridized carbons (Fsp3) is 0.562. The van der Waals surface area contributed by atoms with Gasteiger partial charge in [0.15, 0.2) is 0 Å². The van der Waals surface area contributed by atoms with Crippen molar-refractivity contribution in [2.75, 3.05) is 39.5 Å². The van der Waals surface area contributed by atoms with Crippen LogP contribution in [0.5, 0.6) is 0 Å². The van der Waals surface area contributed by atoms with Crippen LogP contribution in [-0.4, -0.2) is 61.7 Å². The van der Waals surface area contributed by atoms with Gasteiger partial charge in [0.1, 0.15) is 6.61 Å². The number of likely N-dealkylation sites (tertiary alicyclic amines) is 1. The van der Waals surface area contributed by atoms with Crippen LogP contribution in [0.25, 0.3) is 0 Å². The van der Waals surface area contributed by atoms with E-state index in [2.05, 4.69) is 0 Å². The first-order chi connectivity index (χ1) is 10.8. The first kappa shape index (κ1) is 16.7. The Kier molecular flexibility index (Phi) is 7.15. The van der Waals surface area contributed by atoms with Crippen LogP contribution in [0, 0.1) is 0 Å². The molecule has 6 heteroatoms. The summed E-state index contributed by atoms with van der Waals surface area (Å²) in [6.45, 7) is 2.75. The maximum absolute atomic E-state index is 12.0. The van der Waals surface area contributed by atoms with Gasteiger partial charge in [0.2, 0.25) is 0 Å². The van der Waals surface area contributed by atoms with E-state index < -0.39 is 0 Å². The molecule has 1 fully saturated rings. The average Bonchev–Trinajstić information content (AvgIpc) is 3.02. The Morgan fingerprint density at radius 3 is 2.82 bits per heavy atom. The fourth-order valence-electron chi connectivity index (χ4n) is 2.28. The van der Waals surface area contributed by atoms with Gasteiger partial charge in [-0.2, -0.15) is 0 Å². The Balaban J connectivity index is 1.61. The van der Waals surface area contributed by atoms with E-state index in [0.29, 0.717) is 32.9 Å². The summed E-state index contributed by atoms with van der Waals surface area (Å²) in [5, 5.41) is 8.58. The third-order valence-electron chi connectivity index (χ3n) is 3.43. The standard InChI is InChI=1S/C16H23NO5/c18-8-9-20-10-11-21-15-6-7-17(12-15)16(19)22-13-14-4-2-1-3-5-14/h1-5,15,18H,6-13H2. The number of aliphatic hydroxyl groups excluding tert-OH is 1. The SMILES string of the molecule is O=C(OCc1ccccc1)N1CCC(OCCOCCO)C1. The number of rotatable bonds is 8. The molecule has 22 heavy (non-hydrogen) atoms. The molecule has 0 bridgehead atoms. The third-order valence-corrected chi connectivity index (χ3v) is 3.43. The number of benzene rings is 1. The molecule has 2 rings (SSSR count). The molecule has 1 aromatic rings. The van der Waals surface area contributed by atoms with Crippen LogP contribution in [0.4, 0.5) is 4.79 Å². The maximum Gasteiger partial charge on any atom is 0.410 e. The van der Waals surface area contributed by atoms with Gasteiger partial charge in [-0.15, -0.1) is 0 Å². The number of nitrogens with zero attached hydrogens (tertiary/aromatic N) is 1. The van der Waals surface area contributed by atoms with Crippen molar-refractivity contribution >= 4 is 6.09 Å². The number of carbonyl (C=O) groups excluding carboxylic acids is 1. The van der Waals surface area contributed by atoms with E-state index in [9.17, 15) is 4.79 Å². The summed E-state index contributed by atoms with van der Waals surface area (Å²) in [7, 11) is 0. The predicted molar refractivity (Wildman–Crippen MR) is 80.5 cm³/mol. The summed E-state index contributed by atoms with van der Waals surface area (Å²) in [5.41, 5.74) is 0.976. The van der Waals surface area contributed by atoms with Crippen LogP contribution in [-0.2, 0) is 20.8 Å². The first-order valence-electron chi connectivity index (χ1n) is 7.55. The van der Waals surface area contributed by atoms with Crippen molar-refractivity contribution in [1.29, 1.82) is 0 Å². The summed E-state index contributed by atoms with van der Waals surface area (Å²) in [6.07, 6.45) is 0.536. The highest BCUT2D eigenvalue weighted by molar-refractivity contribution is 5.68. The van der Waals surface area contributed by atoms with E-state index in [4.69, 9.17) is 19.3 Å². The van der Waals surface area contributed by atoms with E-state index >= 15 is 0 Å². The first-order valence-corrected chi connectivity index (χ1v) is 7.55. The van der Waals surface area contributed by atoms with E-state index in [-0.39, 0.29) is 25.4 Å². The van der Waals surface area contributed by atoms with Crippen LogP contribution in [0.3, 0.4) is 0 Å². The number of aliphatic hydroxyl groups is 1. The lowest BCUT2D eigenvalue weighted by Gasteiger charge is -2.16. The van der Waals surface area contributed by atoms with Gasteiger partial charge in [-0.25, -0.2) is 4.79 Å². The lowest BCUT2D eigenvalue weighted by molar-refractivity contribution is 0.00105. The minimum Gasteiger partial charge on any atom is -0.445 e. The zero-order chi connectivity index (χ0) is 15.6. The number of carbonyl (C=O) groups is 1. The smallest absolute Gasteiger partial charge is 0.410 e. The Hall–Kier alpha value is -1.63. The molecule has 1 heterocycles. The van der Waals surface area contributed by atoms with E-state index in [1.54, 1.807) is 4.90 Å². The van der Waals surface area contributed by atoms with Crippen LogP contribution in [0.1, 0.15) is 12.0 Å². The summed E-state index contributed by atoms with van der Waals surface area (Å²) in [6, 6.07) is 9.62. The minimum absolute atomic E-state index is 0.0183. The van der Waals surface area contributed by atoms with Crippen molar-refractivity contribution in [1.82, 2.24) is 4.90 Å². The number of amides is 1. The van der Waals surface area contributed by atoms with Crippen molar-refractivity contribution in [3.63, 3.8) is 0 Å².